The Labute approximate surface area is 201 Å². The van der Waals surface area contributed by atoms with Crippen molar-refractivity contribution in [2.45, 2.75) is 6.67 Å². The van der Waals surface area contributed by atoms with Crippen molar-refractivity contribution in [2.75, 3.05) is 31.1 Å². The standard InChI is InChI=1S/C25H24BrN5S/c26-21-11-13-23(14-12-21)31-24(20-7-3-1-4-8-20)27-30(25(31)32)19-28-15-17-29(18-16-28)22-9-5-2-6-10-22/h1-14H,15-19H2. The molecule has 5 rings (SSSR count). The minimum absolute atomic E-state index is 0.685. The number of nitrogens with zero attached hydrogens (tertiary/aromatic N) is 5. The van der Waals surface area contributed by atoms with Gasteiger partial charge in [-0.2, -0.15) is 0 Å². The van der Waals surface area contributed by atoms with Gasteiger partial charge < -0.3 is 4.90 Å². The van der Waals surface area contributed by atoms with Crippen LogP contribution in [0.3, 0.4) is 0 Å². The Bertz CT molecular complexity index is 1230. The normalized spacial score (nSPS) is 14.6. The number of piperazine rings is 1. The third-order valence-corrected chi connectivity index (χ3v) is 6.71. The summed E-state index contributed by atoms with van der Waals surface area (Å²) in [6.07, 6.45) is 0. The van der Waals surface area contributed by atoms with Gasteiger partial charge in [-0.3, -0.25) is 9.47 Å². The summed E-state index contributed by atoms with van der Waals surface area (Å²) in [7, 11) is 0. The van der Waals surface area contributed by atoms with Crippen LogP contribution in [0.4, 0.5) is 5.69 Å². The summed E-state index contributed by atoms with van der Waals surface area (Å²) in [5, 5.41) is 4.96. The lowest BCUT2D eigenvalue weighted by molar-refractivity contribution is 0.194. The molecule has 32 heavy (non-hydrogen) atoms. The maximum atomic E-state index is 5.91. The molecule has 162 valence electrons. The first-order valence-electron chi connectivity index (χ1n) is 10.7. The lowest BCUT2D eigenvalue weighted by Crippen LogP contribution is -2.47. The van der Waals surface area contributed by atoms with Crippen LogP contribution in [0.5, 0.6) is 0 Å². The Kier molecular flexibility index (Phi) is 6.21. The Morgan fingerprint density at radius 1 is 0.750 bits per heavy atom. The van der Waals surface area contributed by atoms with Crippen molar-refractivity contribution < 1.29 is 0 Å². The van der Waals surface area contributed by atoms with Crippen molar-refractivity contribution in [2.24, 2.45) is 0 Å². The van der Waals surface area contributed by atoms with E-state index in [1.165, 1.54) is 5.69 Å². The molecule has 0 amide bonds. The monoisotopic (exact) mass is 505 g/mol. The van der Waals surface area contributed by atoms with Crippen LogP contribution in [0.25, 0.3) is 17.1 Å². The average molecular weight is 506 g/mol. The average Bonchev–Trinajstić information content (AvgIpc) is 3.17. The van der Waals surface area contributed by atoms with Crippen LogP contribution in [0.1, 0.15) is 0 Å². The third kappa shape index (κ3) is 4.41. The largest absolute Gasteiger partial charge is 0.369 e. The van der Waals surface area contributed by atoms with Crippen molar-refractivity contribution in [3.05, 3.63) is 94.2 Å². The van der Waals surface area contributed by atoms with Crippen LogP contribution < -0.4 is 4.90 Å². The van der Waals surface area contributed by atoms with E-state index in [9.17, 15) is 0 Å². The van der Waals surface area contributed by atoms with Crippen LogP contribution >= 0.6 is 28.1 Å². The van der Waals surface area contributed by atoms with Crippen molar-refractivity contribution in [3.8, 4) is 17.1 Å². The molecule has 1 aliphatic heterocycles. The van der Waals surface area contributed by atoms with Gasteiger partial charge in [-0.25, -0.2) is 4.68 Å². The number of aromatic nitrogens is 3. The van der Waals surface area contributed by atoms with Crippen molar-refractivity contribution in [1.82, 2.24) is 19.2 Å². The van der Waals surface area contributed by atoms with Gasteiger partial charge in [0.15, 0.2) is 5.82 Å². The molecular formula is C25H24BrN5S. The Hall–Kier alpha value is -2.74. The lowest BCUT2D eigenvalue weighted by atomic mass is 10.2. The topological polar surface area (TPSA) is 29.2 Å². The van der Waals surface area contributed by atoms with Crippen LogP contribution in [-0.2, 0) is 6.67 Å². The second-order valence-corrected chi connectivity index (χ2v) is 9.15. The van der Waals surface area contributed by atoms with E-state index in [2.05, 4.69) is 84.9 Å². The van der Waals surface area contributed by atoms with E-state index in [0.29, 0.717) is 11.4 Å². The predicted molar refractivity (Wildman–Crippen MR) is 136 cm³/mol. The minimum Gasteiger partial charge on any atom is -0.369 e. The number of halogens is 1. The van der Waals surface area contributed by atoms with Crippen molar-refractivity contribution >= 4 is 33.8 Å². The summed E-state index contributed by atoms with van der Waals surface area (Å²) >= 11 is 9.44. The fourth-order valence-corrected chi connectivity index (χ4v) is 4.63. The molecule has 0 N–H and O–H groups in total. The fourth-order valence-electron chi connectivity index (χ4n) is 4.07. The van der Waals surface area contributed by atoms with E-state index in [1.54, 1.807) is 0 Å². The van der Waals surface area contributed by atoms with Crippen LogP contribution in [0.2, 0.25) is 0 Å². The van der Waals surface area contributed by atoms with Gasteiger partial charge in [-0.1, -0.05) is 64.5 Å². The molecule has 0 aliphatic carbocycles. The summed E-state index contributed by atoms with van der Waals surface area (Å²) < 4.78 is 5.77. The van der Waals surface area contributed by atoms with Gasteiger partial charge in [-0.15, -0.1) is 5.10 Å². The number of rotatable bonds is 5. The third-order valence-electron chi connectivity index (χ3n) is 5.78. The van der Waals surface area contributed by atoms with Gasteiger partial charge in [0.05, 0.1) is 12.4 Å². The number of hydrogen-bond acceptors (Lipinski definition) is 4. The van der Waals surface area contributed by atoms with E-state index >= 15 is 0 Å². The molecule has 1 fully saturated rings. The number of anilines is 1. The lowest BCUT2D eigenvalue weighted by Gasteiger charge is -2.35. The van der Waals surface area contributed by atoms with E-state index in [-0.39, 0.29) is 0 Å². The summed E-state index contributed by atoms with van der Waals surface area (Å²) in [6, 6.07) is 29.1. The molecule has 0 atom stereocenters. The summed E-state index contributed by atoms with van der Waals surface area (Å²) in [5.41, 5.74) is 3.35. The predicted octanol–water partition coefficient (Wildman–Crippen LogP) is 5.61. The molecule has 0 unspecified atom stereocenters. The Morgan fingerprint density at radius 2 is 1.38 bits per heavy atom. The molecule has 0 radical (unpaired) electrons. The molecule has 0 saturated carbocycles. The highest BCUT2D eigenvalue weighted by Gasteiger charge is 2.20. The highest BCUT2D eigenvalue weighted by molar-refractivity contribution is 9.10. The molecule has 1 aliphatic rings. The summed E-state index contributed by atoms with van der Waals surface area (Å²) in [6.45, 7) is 4.63. The van der Waals surface area contributed by atoms with E-state index in [1.807, 2.05) is 35.0 Å². The molecule has 5 nitrogen and oxygen atoms in total. The number of hydrogen-bond donors (Lipinski definition) is 0. The van der Waals surface area contributed by atoms with Gasteiger partial charge in [0, 0.05) is 41.9 Å². The fraction of sp³-hybridized carbons (Fsp3) is 0.200. The first kappa shape index (κ1) is 21.1. The molecule has 0 bridgehead atoms. The van der Waals surface area contributed by atoms with E-state index in [0.717, 1.165) is 47.7 Å². The van der Waals surface area contributed by atoms with Crippen LogP contribution in [-0.4, -0.2) is 45.4 Å². The quantitative estimate of drug-likeness (QED) is 0.329. The smallest absolute Gasteiger partial charge is 0.204 e. The highest BCUT2D eigenvalue weighted by Crippen LogP contribution is 2.24. The highest BCUT2D eigenvalue weighted by atomic mass is 79.9. The van der Waals surface area contributed by atoms with Gasteiger partial charge in [0.1, 0.15) is 0 Å². The zero-order chi connectivity index (χ0) is 21.9. The number of benzene rings is 3. The molecule has 2 heterocycles. The van der Waals surface area contributed by atoms with Crippen molar-refractivity contribution in [1.29, 1.82) is 0 Å². The van der Waals surface area contributed by atoms with Gasteiger partial charge in [0.25, 0.3) is 0 Å². The number of para-hydroxylation sites is 1. The zero-order valence-corrected chi connectivity index (χ0v) is 20.0. The van der Waals surface area contributed by atoms with Crippen LogP contribution in [0, 0.1) is 4.77 Å². The molecule has 1 aromatic heterocycles. The SMILES string of the molecule is S=c1n(CN2CCN(c3ccccc3)CC2)nc(-c2ccccc2)n1-c1ccc(Br)cc1. The minimum atomic E-state index is 0.685. The molecule has 3 aromatic carbocycles. The first-order chi connectivity index (χ1) is 15.7. The molecule has 0 spiro atoms. The second kappa shape index (κ2) is 9.40. The second-order valence-electron chi connectivity index (χ2n) is 7.87. The zero-order valence-electron chi connectivity index (χ0n) is 17.6. The summed E-state index contributed by atoms with van der Waals surface area (Å²) in [5.74, 6) is 0.862. The Morgan fingerprint density at radius 3 is 2.03 bits per heavy atom. The van der Waals surface area contributed by atoms with Crippen LogP contribution in [0.15, 0.2) is 89.4 Å². The summed E-state index contributed by atoms with van der Waals surface area (Å²) in [4.78, 5) is 4.86. The molecular weight excluding hydrogens is 482 g/mol. The molecule has 1 saturated heterocycles. The van der Waals surface area contributed by atoms with Crippen molar-refractivity contribution in [3.63, 3.8) is 0 Å². The molecule has 4 aromatic rings. The Balaban J connectivity index is 1.41. The maximum absolute atomic E-state index is 5.91. The maximum Gasteiger partial charge on any atom is 0.204 e. The van der Waals surface area contributed by atoms with E-state index in [4.69, 9.17) is 17.3 Å². The van der Waals surface area contributed by atoms with Gasteiger partial charge in [0.2, 0.25) is 4.77 Å². The first-order valence-corrected chi connectivity index (χ1v) is 11.9. The van der Waals surface area contributed by atoms with E-state index < -0.39 is 0 Å². The van der Waals surface area contributed by atoms with Gasteiger partial charge >= 0.3 is 0 Å². The van der Waals surface area contributed by atoms with Gasteiger partial charge in [-0.05, 0) is 48.6 Å². The molecule has 7 heteroatoms.